The maximum atomic E-state index is 12.8. The van der Waals surface area contributed by atoms with Gasteiger partial charge < -0.3 is 9.73 Å². The molecule has 2 amide bonds. The molecule has 0 atom stereocenters. The van der Waals surface area contributed by atoms with Crippen LogP contribution in [0.2, 0.25) is 5.02 Å². The molecule has 0 spiro atoms. The van der Waals surface area contributed by atoms with Crippen LogP contribution in [0.25, 0.3) is 0 Å². The minimum Gasteiger partial charge on any atom is -0.455 e. The summed E-state index contributed by atoms with van der Waals surface area (Å²) in [5.41, 5.74) is 6.16. The first kappa shape index (κ1) is 20.8. The summed E-state index contributed by atoms with van der Waals surface area (Å²) in [6.07, 6.45) is 3.87. The van der Waals surface area contributed by atoms with E-state index in [1.165, 1.54) is 0 Å². The first-order valence-electron chi connectivity index (χ1n) is 9.91. The van der Waals surface area contributed by atoms with Crippen molar-refractivity contribution in [3.05, 3.63) is 81.4 Å². The van der Waals surface area contributed by atoms with Gasteiger partial charge in [0.05, 0.1) is 5.71 Å². The maximum absolute atomic E-state index is 12.8. The zero-order valence-electron chi connectivity index (χ0n) is 17.2. The molecule has 0 radical (unpaired) electrons. The molecule has 0 saturated heterocycles. The molecule has 2 heterocycles. The highest BCUT2D eigenvalue weighted by Crippen LogP contribution is 2.30. The summed E-state index contributed by atoms with van der Waals surface area (Å²) < 4.78 is 5.88. The van der Waals surface area contributed by atoms with E-state index in [1.54, 1.807) is 36.5 Å². The summed E-state index contributed by atoms with van der Waals surface area (Å²) in [6.45, 7) is 3.74. The van der Waals surface area contributed by atoms with Crippen molar-refractivity contribution in [1.82, 2.24) is 10.4 Å². The van der Waals surface area contributed by atoms with Gasteiger partial charge >= 0.3 is 0 Å². The van der Waals surface area contributed by atoms with E-state index >= 15 is 0 Å². The monoisotopic (exact) mass is 436 g/mol. The minimum absolute atomic E-state index is 0.225. The van der Waals surface area contributed by atoms with Gasteiger partial charge in [-0.3, -0.25) is 9.59 Å². The Labute approximate surface area is 184 Å². The van der Waals surface area contributed by atoms with Gasteiger partial charge in [0.25, 0.3) is 11.8 Å². The number of benzene rings is 1. The third kappa shape index (κ3) is 4.51. The molecule has 1 aliphatic carbocycles. The average Bonchev–Trinajstić information content (AvgIpc) is 3.11. The molecular formula is C23H21ClN4O3. The molecule has 4 rings (SSSR count). The Bertz CT molecular complexity index is 1180. The fraction of sp³-hybridized carbons (Fsp3) is 0.217. The van der Waals surface area contributed by atoms with Crippen LogP contribution in [0, 0.1) is 13.8 Å². The summed E-state index contributed by atoms with van der Waals surface area (Å²) in [5.74, 6) is 0.647. The predicted octanol–water partition coefficient (Wildman–Crippen LogP) is 4.67. The summed E-state index contributed by atoms with van der Waals surface area (Å²) in [5, 5.41) is 7.57. The van der Waals surface area contributed by atoms with E-state index in [1.807, 2.05) is 19.9 Å². The molecule has 31 heavy (non-hydrogen) atoms. The van der Waals surface area contributed by atoms with Crippen molar-refractivity contribution in [1.29, 1.82) is 0 Å². The van der Waals surface area contributed by atoms with Crippen LogP contribution in [0.3, 0.4) is 0 Å². The lowest BCUT2D eigenvalue weighted by Gasteiger charge is -2.13. The second-order valence-electron chi connectivity index (χ2n) is 7.39. The third-order valence-corrected chi connectivity index (χ3v) is 5.30. The number of aryl methyl sites for hydroxylation is 2. The van der Waals surface area contributed by atoms with Gasteiger partial charge in [-0.1, -0.05) is 23.7 Å². The number of hydrogen-bond donors (Lipinski definition) is 2. The molecule has 0 bridgehead atoms. The first-order valence-corrected chi connectivity index (χ1v) is 10.3. The highest BCUT2D eigenvalue weighted by Gasteiger charge is 2.28. The SMILES string of the molecule is Cc1ccc(NC(=O)c2oc3c(c2C)/C(=N/NC(=O)c2cccc(Cl)c2)CCC3)nc1. The Morgan fingerprint density at radius 2 is 1.97 bits per heavy atom. The smallest absolute Gasteiger partial charge is 0.292 e. The number of fused-ring (bicyclic) bond motifs is 1. The summed E-state index contributed by atoms with van der Waals surface area (Å²) in [7, 11) is 0. The third-order valence-electron chi connectivity index (χ3n) is 5.06. The van der Waals surface area contributed by atoms with Crippen LogP contribution in [0.15, 0.2) is 52.1 Å². The molecule has 3 aromatic rings. The van der Waals surface area contributed by atoms with Gasteiger partial charge in [-0.2, -0.15) is 5.10 Å². The number of nitrogens with zero attached hydrogens (tertiary/aromatic N) is 2. The Morgan fingerprint density at radius 1 is 1.13 bits per heavy atom. The van der Waals surface area contributed by atoms with Gasteiger partial charge in [0, 0.05) is 34.3 Å². The van der Waals surface area contributed by atoms with E-state index in [0.29, 0.717) is 46.3 Å². The van der Waals surface area contributed by atoms with E-state index < -0.39 is 0 Å². The largest absolute Gasteiger partial charge is 0.455 e. The summed E-state index contributed by atoms with van der Waals surface area (Å²) >= 11 is 5.95. The Morgan fingerprint density at radius 3 is 2.71 bits per heavy atom. The molecule has 0 fully saturated rings. The van der Waals surface area contributed by atoms with Crippen LogP contribution in [-0.2, 0) is 6.42 Å². The second-order valence-corrected chi connectivity index (χ2v) is 7.83. The van der Waals surface area contributed by atoms with E-state index in [4.69, 9.17) is 16.0 Å². The molecule has 0 saturated carbocycles. The van der Waals surface area contributed by atoms with Crippen molar-refractivity contribution < 1.29 is 14.0 Å². The second kappa shape index (κ2) is 8.73. The Kier molecular flexibility index (Phi) is 5.86. The summed E-state index contributed by atoms with van der Waals surface area (Å²) in [6, 6.07) is 10.3. The fourth-order valence-electron chi connectivity index (χ4n) is 3.52. The molecule has 158 valence electrons. The molecule has 2 aromatic heterocycles. The highest BCUT2D eigenvalue weighted by atomic mass is 35.5. The van der Waals surface area contributed by atoms with Gasteiger partial charge in [0.2, 0.25) is 0 Å². The molecule has 0 aliphatic heterocycles. The first-order chi connectivity index (χ1) is 14.9. The average molecular weight is 437 g/mol. The number of pyridine rings is 1. The number of furan rings is 1. The van der Waals surface area contributed by atoms with Crippen molar-refractivity contribution in [3.8, 4) is 0 Å². The van der Waals surface area contributed by atoms with Crippen LogP contribution in [0.5, 0.6) is 0 Å². The highest BCUT2D eigenvalue weighted by molar-refractivity contribution is 6.31. The van der Waals surface area contributed by atoms with Gasteiger partial charge in [0.15, 0.2) is 5.76 Å². The number of rotatable bonds is 4. The van der Waals surface area contributed by atoms with Gasteiger partial charge in [-0.25, -0.2) is 10.4 Å². The lowest BCUT2D eigenvalue weighted by Crippen LogP contribution is -2.22. The van der Waals surface area contributed by atoms with Gasteiger partial charge in [-0.05, 0) is 56.5 Å². The fourth-order valence-corrected chi connectivity index (χ4v) is 3.71. The van der Waals surface area contributed by atoms with E-state index in [-0.39, 0.29) is 17.6 Å². The van der Waals surface area contributed by atoms with Crippen molar-refractivity contribution in [2.45, 2.75) is 33.1 Å². The van der Waals surface area contributed by atoms with Crippen LogP contribution < -0.4 is 10.7 Å². The molecule has 1 aliphatic rings. The van der Waals surface area contributed by atoms with Crippen molar-refractivity contribution in [3.63, 3.8) is 0 Å². The Balaban J connectivity index is 1.56. The van der Waals surface area contributed by atoms with E-state index in [0.717, 1.165) is 17.5 Å². The summed E-state index contributed by atoms with van der Waals surface area (Å²) in [4.78, 5) is 29.4. The lowest BCUT2D eigenvalue weighted by molar-refractivity contribution is 0.0953. The zero-order chi connectivity index (χ0) is 22.0. The van der Waals surface area contributed by atoms with Crippen molar-refractivity contribution in [2.24, 2.45) is 5.10 Å². The van der Waals surface area contributed by atoms with Crippen LogP contribution in [-0.4, -0.2) is 22.5 Å². The van der Waals surface area contributed by atoms with Gasteiger partial charge in [0.1, 0.15) is 11.6 Å². The number of hydrazone groups is 1. The van der Waals surface area contributed by atoms with Crippen LogP contribution in [0.1, 0.15) is 56.2 Å². The van der Waals surface area contributed by atoms with Crippen molar-refractivity contribution in [2.75, 3.05) is 5.32 Å². The topological polar surface area (TPSA) is 96.6 Å². The minimum atomic E-state index is -0.370. The molecule has 7 nitrogen and oxygen atoms in total. The van der Waals surface area contributed by atoms with Gasteiger partial charge in [-0.15, -0.1) is 0 Å². The number of nitrogens with one attached hydrogen (secondary N) is 2. The zero-order valence-corrected chi connectivity index (χ0v) is 17.9. The Hall–Kier alpha value is -3.45. The van der Waals surface area contributed by atoms with E-state index in [9.17, 15) is 9.59 Å². The number of hydrogen-bond acceptors (Lipinski definition) is 5. The lowest BCUT2D eigenvalue weighted by atomic mass is 9.93. The standard InChI is InChI=1S/C23H21ClN4O3/c1-13-9-10-19(25-12-13)26-23(30)21-14(2)20-17(7-4-8-18(20)31-21)27-28-22(29)15-5-3-6-16(24)11-15/h3,5-6,9-12H,4,7-8H2,1-2H3,(H,28,29)(H,25,26,30)/b27-17+. The number of halogens is 1. The maximum Gasteiger partial charge on any atom is 0.292 e. The predicted molar refractivity (Wildman–Crippen MR) is 119 cm³/mol. The molecule has 1 aromatic carbocycles. The normalized spacial score (nSPS) is 14.2. The van der Waals surface area contributed by atoms with E-state index in [2.05, 4.69) is 20.8 Å². The number of carbonyl (C=O) groups excluding carboxylic acids is 2. The van der Waals surface area contributed by atoms with Crippen molar-refractivity contribution >= 4 is 34.9 Å². The molecule has 0 unspecified atom stereocenters. The quantitative estimate of drug-likeness (QED) is 0.581. The molecule has 2 N–H and O–H groups in total. The molecular weight excluding hydrogens is 416 g/mol. The number of aromatic nitrogens is 1. The number of amides is 2. The number of anilines is 1. The van der Waals surface area contributed by atoms with Crippen LogP contribution >= 0.6 is 11.6 Å². The van der Waals surface area contributed by atoms with Crippen LogP contribution in [0.4, 0.5) is 5.82 Å². The molecule has 8 heteroatoms. The number of carbonyl (C=O) groups is 2.